The smallest absolute Gasteiger partial charge is 0.317 e. The fourth-order valence-electron chi connectivity index (χ4n) is 2.81. The average molecular weight is 318 g/mol. The van der Waals surface area contributed by atoms with E-state index in [0.717, 1.165) is 30.5 Å². The third-order valence-corrected chi connectivity index (χ3v) is 4.17. The molecule has 1 aliphatic rings. The van der Waals surface area contributed by atoms with E-state index in [9.17, 15) is 4.79 Å². The molecule has 23 heavy (non-hydrogen) atoms. The molecule has 1 aromatic rings. The van der Waals surface area contributed by atoms with Gasteiger partial charge in [0.25, 0.3) is 0 Å². The van der Waals surface area contributed by atoms with Crippen LogP contribution in [0.15, 0.2) is 24.3 Å². The van der Waals surface area contributed by atoms with E-state index in [-0.39, 0.29) is 11.6 Å². The lowest BCUT2D eigenvalue weighted by atomic mass is 10.0. The number of piperidine rings is 1. The standard InChI is InChI=1S/C19H30N2O2/c1-15-8-5-6-11-21(15)18(22)20-13-16-9-7-10-17(12-16)14-23-19(2,3)4/h7,9-10,12,15H,5-6,8,11,13-14H2,1-4H3,(H,20,22). The molecule has 0 spiro atoms. The number of rotatable bonds is 4. The second kappa shape index (κ2) is 7.82. The molecule has 0 bridgehead atoms. The van der Waals surface area contributed by atoms with E-state index >= 15 is 0 Å². The Kier molecular flexibility index (Phi) is 6.05. The quantitative estimate of drug-likeness (QED) is 0.908. The van der Waals surface area contributed by atoms with Crippen molar-refractivity contribution in [2.45, 2.75) is 71.8 Å². The molecule has 1 aromatic carbocycles. The molecule has 4 nitrogen and oxygen atoms in total. The first-order valence-corrected chi connectivity index (χ1v) is 8.61. The lowest BCUT2D eigenvalue weighted by molar-refractivity contribution is -0.0149. The summed E-state index contributed by atoms with van der Waals surface area (Å²) in [7, 11) is 0. The van der Waals surface area contributed by atoms with Crippen LogP contribution in [0.2, 0.25) is 0 Å². The van der Waals surface area contributed by atoms with Gasteiger partial charge in [0.1, 0.15) is 0 Å². The van der Waals surface area contributed by atoms with Crippen molar-refractivity contribution in [3.05, 3.63) is 35.4 Å². The monoisotopic (exact) mass is 318 g/mol. The first-order valence-electron chi connectivity index (χ1n) is 8.61. The van der Waals surface area contributed by atoms with Crippen LogP contribution in [0, 0.1) is 0 Å². The van der Waals surface area contributed by atoms with Gasteiger partial charge in [-0.1, -0.05) is 24.3 Å². The summed E-state index contributed by atoms with van der Waals surface area (Å²) < 4.78 is 5.81. The number of ether oxygens (including phenoxy) is 1. The molecule has 0 radical (unpaired) electrons. The van der Waals surface area contributed by atoms with Gasteiger partial charge in [-0.15, -0.1) is 0 Å². The van der Waals surface area contributed by atoms with E-state index in [1.165, 1.54) is 6.42 Å². The molecule has 1 fully saturated rings. The van der Waals surface area contributed by atoms with Crippen LogP contribution in [0.4, 0.5) is 4.79 Å². The van der Waals surface area contributed by atoms with Crippen molar-refractivity contribution in [2.75, 3.05) is 6.54 Å². The molecule has 1 aliphatic heterocycles. The Morgan fingerprint density at radius 1 is 1.30 bits per heavy atom. The zero-order valence-corrected chi connectivity index (χ0v) is 14.9. The van der Waals surface area contributed by atoms with Crippen molar-refractivity contribution in [1.82, 2.24) is 10.2 Å². The fourth-order valence-corrected chi connectivity index (χ4v) is 2.81. The lowest BCUT2D eigenvalue weighted by Gasteiger charge is -2.33. The second-order valence-corrected chi connectivity index (χ2v) is 7.42. The number of hydrogen-bond donors (Lipinski definition) is 1. The van der Waals surface area contributed by atoms with Crippen LogP contribution in [0.25, 0.3) is 0 Å². The Morgan fingerprint density at radius 3 is 2.74 bits per heavy atom. The molecule has 1 atom stereocenters. The number of carbonyl (C=O) groups excluding carboxylic acids is 1. The fraction of sp³-hybridized carbons (Fsp3) is 0.632. The maximum absolute atomic E-state index is 12.3. The van der Waals surface area contributed by atoms with E-state index in [4.69, 9.17) is 4.74 Å². The molecule has 128 valence electrons. The molecule has 0 aliphatic carbocycles. The highest BCUT2D eigenvalue weighted by Gasteiger charge is 2.22. The first kappa shape index (κ1) is 17.8. The highest BCUT2D eigenvalue weighted by atomic mass is 16.5. The molecule has 2 rings (SSSR count). The highest BCUT2D eigenvalue weighted by molar-refractivity contribution is 5.74. The maximum Gasteiger partial charge on any atom is 0.317 e. The van der Waals surface area contributed by atoms with Gasteiger partial charge in [-0.25, -0.2) is 4.79 Å². The minimum Gasteiger partial charge on any atom is -0.371 e. The zero-order chi connectivity index (χ0) is 16.9. The van der Waals surface area contributed by atoms with Crippen LogP contribution in [-0.4, -0.2) is 29.1 Å². The molecule has 4 heteroatoms. The number of amides is 2. The normalized spacial score (nSPS) is 18.8. The van der Waals surface area contributed by atoms with Gasteiger partial charge in [-0.3, -0.25) is 0 Å². The van der Waals surface area contributed by atoms with Gasteiger partial charge >= 0.3 is 6.03 Å². The van der Waals surface area contributed by atoms with Crippen LogP contribution in [0.1, 0.15) is 58.1 Å². The lowest BCUT2D eigenvalue weighted by Crippen LogP contribution is -2.47. The molecular weight excluding hydrogens is 288 g/mol. The van der Waals surface area contributed by atoms with Gasteiger partial charge in [0, 0.05) is 19.1 Å². The SMILES string of the molecule is CC1CCCCN1C(=O)NCc1cccc(COC(C)(C)C)c1. The Bertz CT molecular complexity index is 522. The largest absolute Gasteiger partial charge is 0.371 e. The van der Waals surface area contributed by atoms with Crippen molar-refractivity contribution in [1.29, 1.82) is 0 Å². The van der Waals surface area contributed by atoms with Crippen molar-refractivity contribution in [3.63, 3.8) is 0 Å². The third kappa shape index (κ3) is 5.87. The van der Waals surface area contributed by atoms with Crippen molar-refractivity contribution in [3.8, 4) is 0 Å². The van der Waals surface area contributed by atoms with E-state index < -0.39 is 0 Å². The predicted octanol–water partition coefficient (Wildman–Crippen LogP) is 4.09. The number of nitrogens with one attached hydrogen (secondary N) is 1. The third-order valence-electron chi connectivity index (χ3n) is 4.17. The van der Waals surface area contributed by atoms with Crippen LogP contribution < -0.4 is 5.32 Å². The van der Waals surface area contributed by atoms with Gasteiger partial charge in [0.2, 0.25) is 0 Å². The van der Waals surface area contributed by atoms with Crippen LogP contribution in [0.3, 0.4) is 0 Å². The minimum atomic E-state index is -0.144. The summed E-state index contributed by atoms with van der Waals surface area (Å²) in [5.74, 6) is 0. The Hall–Kier alpha value is -1.55. The summed E-state index contributed by atoms with van der Waals surface area (Å²) in [5, 5.41) is 3.04. The number of urea groups is 1. The van der Waals surface area contributed by atoms with Gasteiger partial charge in [-0.05, 0) is 58.1 Å². The van der Waals surface area contributed by atoms with Gasteiger partial charge in [-0.2, -0.15) is 0 Å². The van der Waals surface area contributed by atoms with Gasteiger partial charge in [0.15, 0.2) is 0 Å². The van der Waals surface area contributed by atoms with E-state index in [1.807, 2.05) is 17.0 Å². The number of likely N-dealkylation sites (tertiary alicyclic amines) is 1. The van der Waals surface area contributed by atoms with E-state index in [1.54, 1.807) is 0 Å². The molecule has 1 heterocycles. The molecule has 0 saturated carbocycles. The number of nitrogens with zero attached hydrogens (tertiary/aromatic N) is 1. The maximum atomic E-state index is 12.3. The molecule has 0 aromatic heterocycles. The molecular formula is C19H30N2O2. The molecule has 1 unspecified atom stereocenters. The Balaban J connectivity index is 1.86. The number of carbonyl (C=O) groups is 1. The van der Waals surface area contributed by atoms with Crippen LogP contribution in [0.5, 0.6) is 0 Å². The summed E-state index contributed by atoms with van der Waals surface area (Å²) in [6, 6.07) is 8.62. The predicted molar refractivity (Wildman–Crippen MR) is 93.2 cm³/mol. The van der Waals surface area contributed by atoms with Gasteiger partial charge in [0.05, 0.1) is 12.2 Å². The highest BCUT2D eigenvalue weighted by Crippen LogP contribution is 2.17. The van der Waals surface area contributed by atoms with Crippen LogP contribution >= 0.6 is 0 Å². The summed E-state index contributed by atoms with van der Waals surface area (Å²) >= 11 is 0. The Morgan fingerprint density at radius 2 is 2.04 bits per heavy atom. The summed E-state index contributed by atoms with van der Waals surface area (Å²) in [6.07, 6.45) is 3.44. The van der Waals surface area contributed by atoms with E-state index in [2.05, 4.69) is 45.1 Å². The number of benzene rings is 1. The van der Waals surface area contributed by atoms with E-state index in [0.29, 0.717) is 19.2 Å². The van der Waals surface area contributed by atoms with Crippen molar-refractivity contribution >= 4 is 6.03 Å². The zero-order valence-electron chi connectivity index (χ0n) is 14.9. The molecule has 1 N–H and O–H groups in total. The Labute approximate surface area is 140 Å². The molecule has 1 saturated heterocycles. The topological polar surface area (TPSA) is 41.6 Å². The summed E-state index contributed by atoms with van der Waals surface area (Å²) in [5.41, 5.74) is 2.10. The first-order chi connectivity index (χ1) is 10.8. The van der Waals surface area contributed by atoms with Crippen molar-refractivity contribution < 1.29 is 9.53 Å². The van der Waals surface area contributed by atoms with Crippen molar-refractivity contribution in [2.24, 2.45) is 0 Å². The van der Waals surface area contributed by atoms with Crippen LogP contribution in [-0.2, 0) is 17.9 Å². The minimum absolute atomic E-state index is 0.0496. The average Bonchev–Trinajstić information content (AvgIpc) is 2.51. The second-order valence-electron chi connectivity index (χ2n) is 7.42. The summed E-state index contributed by atoms with van der Waals surface area (Å²) in [4.78, 5) is 14.3. The molecule has 2 amide bonds. The number of hydrogen-bond acceptors (Lipinski definition) is 2. The van der Waals surface area contributed by atoms with Gasteiger partial charge < -0.3 is 15.0 Å². The summed E-state index contributed by atoms with van der Waals surface area (Å²) in [6.45, 7) is 10.3.